The van der Waals surface area contributed by atoms with E-state index in [1.807, 2.05) is 6.08 Å². The van der Waals surface area contributed by atoms with Crippen LogP contribution in [0.3, 0.4) is 0 Å². The summed E-state index contributed by atoms with van der Waals surface area (Å²) in [7, 11) is -4.74. The minimum absolute atomic E-state index is 0.109. The first-order chi connectivity index (χ1) is 29.1. The first-order valence-corrected chi connectivity index (χ1v) is 24.1. The minimum Gasteiger partial charge on any atom is -0.480 e. The molecule has 342 valence electrons. The van der Waals surface area contributed by atoms with Crippen LogP contribution in [-0.4, -0.2) is 59.9 Å². The van der Waals surface area contributed by atoms with Crippen molar-refractivity contribution in [1.29, 1.82) is 0 Å². The van der Waals surface area contributed by atoms with Crippen LogP contribution in [0.2, 0.25) is 0 Å². The van der Waals surface area contributed by atoms with Gasteiger partial charge in [0.15, 0.2) is 6.10 Å². The predicted octanol–water partition coefficient (Wildman–Crippen LogP) is 12.3. The number of ether oxygens (including phenoxy) is 2. The SMILES string of the molecule is CC/C=C/C/C=C/C/C=C/C/C=C/C/C=C/CCCCCC(=O)O[C@H](COC(=O)CCC/C=C/C/C=C/CCCCCCCCCCC)COP(=O)(O)OC[C@H](N)C(=O)O. The zero-order chi connectivity index (χ0) is 44.2. The van der Waals surface area contributed by atoms with Crippen molar-refractivity contribution in [1.82, 2.24) is 0 Å². The summed E-state index contributed by atoms with van der Waals surface area (Å²) in [6.07, 6.45) is 52.3. The van der Waals surface area contributed by atoms with Crippen molar-refractivity contribution in [2.24, 2.45) is 5.73 Å². The lowest BCUT2D eigenvalue weighted by molar-refractivity contribution is -0.161. The van der Waals surface area contributed by atoms with Crippen LogP contribution in [0.25, 0.3) is 0 Å². The Kier molecular flexibility index (Phi) is 40.0. The second-order valence-electron chi connectivity index (χ2n) is 14.8. The lowest BCUT2D eigenvalue weighted by Crippen LogP contribution is -2.34. The topological polar surface area (TPSA) is 172 Å². The van der Waals surface area contributed by atoms with Gasteiger partial charge in [0, 0.05) is 12.8 Å². The average molecular weight is 862 g/mol. The van der Waals surface area contributed by atoms with Gasteiger partial charge >= 0.3 is 25.7 Å². The Morgan fingerprint density at radius 3 is 1.45 bits per heavy atom. The molecule has 4 N–H and O–H groups in total. The molecule has 0 spiro atoms. The molecule has 12 heteroatoms. The molecular weight excluding hydrogens is 781 g/mol. The molecule has 0 aromatic heterocycles. The first kappa shape index (κ1) is 56.7. The number of phosphoric acid groups is 1. The zero-order valence-electron chi connectivity index (χ0n) is 37.0. The maximum absolute atomic E-state index is 12.6. The Balaban J connectivity index is 4.49. The van der Waals surface area contributed by atoms with Crippen molar-refractivity contribution >= 4 is 25.7 Å². The first-order valence-electron chi connectivity index (χ1n) is 22.6. The standard InChI is InChI=1S/C48H80NO10P/c1-3-5-7-9-11-13-15-17-19-21-22-24-26-28-30-32-34-36-38-40-47(51)59-44(42-57-60(54,55)58-43-45(49)48(52)53)41-56-46(50)39-37-35-33-31-29-27-25-23-20-18-16-14-12-10-8-6-4-2/h5,7,11,13,17,19,22,24-25,27-28,30-31,33,44-45H,3-4,6,8-10,12,14-16,18,20-21,23,26,29,32,34-43,49H2,1-2H3,(H,52,53)(H,54,55)/b7-5+,13-11+,19-17+,24-22+,27-25+,30-28+,33-31+/t44-,45+/m1/s1. The monoisotopic (exact) mass is 862 g/mol. The summed E-state index contributed by atoms with van der Waals surface area (Å²) >= 11 is 0. The van der Waals surface area contributed by atoms with Gasteiger partial charge in [-0.3, -0.25) is 23.4 Å². The van der Waals surface area contributed by atoms with E-state index in [0.717, 1.165) is 64.2 Å². The fraction of sp³-hybridized carbons (Fsp3) is 0.646. The number of phosphoric ester groups is 1. The molecule has 0 aliphatic heterocycles. The van der Waals surface area contributed by atoms with Gasteiger partial charge in [-0.05, 0) is 83.5 Å². The highest BCUT2D eigenvalue weighted by molar-refractivity contribution is 7.47. The van der Waals surface area contributed by atoms with Crippen LogP contribution in [0.5, 0.6) is 0 Å². The summed E-state index contributed by atoms with van der Waals surface area (Å²) < 4.78 is 32.6. The number of carbonyl (C=O) groups excluding carboxylic acids is 2. The molecule has 0 saturated heterocycles. The van der Waals surface area contributed by atoms with Gasteiger partial charge in [-0.25, -0.2) is 4.57 Å². The molecular formula is C48H80NO10P. The van der Waals surface area contributed by atoms with Crippen molar-refractivity contribution in [2.75, 3.05) is 19.8 Å². The Morgan fingerprint density at radius 2 is 0.950 bits per heavy atom. The molecule has 11 nitrogen and oxygen atoms in total. The van der Waals surface area contributed by atoms with Gasteiger partial charge in [0.25, 0.3) is 0 Å². The molecule has 0 aromatic carbocycles. The van der Waals surface area contributed by atoms with Crippen LogP contribution in [-0.2, 0) is 37.5 Å². The predicted molar refractivity (Wildman–Crippen MR) is 244 cm³/mol. The molecule has 0 aliphatic carbocycles. The number of allylic oxidation sites excluding steroid dienone is 14. The van der Waals surface area contributed by atoms with E-state index in [1.165, 1.54) is 57.8 Å². The molecule has 0 saturated carbocycles. The molecule has 0 heterocycles. The van der Waals surface area contributed by atoms with Gasteiger partial charge in [-0.15, -0.1) is 0 Å². The third kappa shape index (κ3) is 41.4. The summed E-state index contributed by atoms with van der Waals surface area (Å²) in [6.45, 7) is 2.60. The summed E-state index contributed by atoms with van der Waals surface area (Å²) in [5, 5.41) is 8.90. The van der Waals surface area contributed by atoms with E-state index in [-0.39, 0.29) is 19.4 Å². The molecule has 0 rings (SSSR count). The number of hydrogen-bond acceptors (Lipinski definition) is 9. The number of nitrogens with two attached hydrogens (primary N) is 1. The summed E-state index contributed by atoms with van der Waals surface area (Å²) in [5.41, 5.74) is 5.33. The second kappa shape index (κ2) is 42.4. The number of esters is 2. The molecule has 60 heavy (non-hydrogen) atoms. The fourth-order valence-corrected chi connectivity index (χ4v) is 6.38. The van der Waals surface area contributed by atoms with Crippen LogP contribution in [0, 0.1) is 0 Å². The van der Waals surface area contributed by atoms with Crippen molar-refractivity contribution in [3.8, 4) is 0 Å². The maximum Gasteiger partial charge on any atom is 0.472 e. The quantitative estimate of drug-likeness (QED) is 0.0231. The number of carbonyl (C=O) groups is 3. The van der Waals surface area contributed by atoms with E-state index in [2.05, 4.69) is 97.4 Å². The molecule has 0 aromatic rings. The minimum atomic E-state index is -4.74. The van der Waals surface area contributed by atoms with Crippen molar-refractivity contribution < 1.29 is 47.5 Å². The zero-order valence-corrected chi connectivity index (χ0v) is 37.9. The van der Waals surface area contributed by atoms with E-state index < -0.39 is 51.1 Å². The average Bonchev–Trinajstić information content (AvgIpc) is 3.22. The van der Waals surface area contributed by atoms with E-state index in [0.29, 0.717) is 19.3 Å². The van der Waals surface area contributed by atoms with Crippen LogP contribution in [0.15, 0.2) is 85.1 Å². The number of aliphatic carboxylic acids is 1. The van der Waals surface area contributed by atoms with E-state index in [1.54, 1.807) is 0 Å². The van der Waals surface area contributed by atoms with E-state index in [9.17, 15) is 23.8 Å². The van der Waals surface area contributed by atoms with Crippen molar-refractivity contribution in [3.05, 3.63) is 85.1 Å². The maximum atomic E-state index is 12.6. The van der Waals surface area contributed by atoms with Gasteiger partial charge < -0.3 is 25.2 Å². The largest absolute Gasteiger partial charge is 0.480 e. The van der Waals surface area contributed by atoms with Gasteiger partial charge in [-0.1, -0.05) is 157 Å². The lowest BCUT2D eigenvalue weighted by Gasteiger charge is -2.20. The number of unbranched alkanes of at least 4 members (excludes halogenated alkanes) is 13. The molecule has 3 atom stereocenters. The lowest BCUT2D eigenvalue weighted by atomic mass is 10.1. The number of carboxylic acids is 1. The molecule has 1 unspecified atom stereocenters. The Hall–Kier alpha value is -3.34. The normalized spacial score (nSPS) is 14.5. The third-order valence-electron chi connectivity index (χ3n) is 9.13. The van der Waals surface area contributed by atoms with Crippen LogP contribution in [0.1, 0.15) is 168 Å². The highest BCUT2D eigenvalue weighted by Gasteiger charge is 2.28. The molecule has 0 aliphatic rings. The van der Waals surface area contributed by atoms with Gasteiger partial charge in [0.2, 0.25) is 0 Å². The van der Waals surface area contributed by atoms with E-state index >= 15 is 0 Å². The van der Waals surface area contributed by atoms with Gasteiger partial charge in [0.1, 0.15) is 12.6 Å². The van der Waals surface area contributed by atoms with Crippen LogP contribution in [0.4, 0.5) is 0 Å². The highest BCUT2D eigenvalue weighted by atomic mass is 31.2. The Bertz CT molecular complexity index is 1340. The highest BCUT2D eigenvalue weighted by Crippen LogP contribution is 2.43. The Labute approximate surface area is 362 Å². The molecule has 0 amide bonds. The second-order valence-corrected chi connectivity index (χ2v) is 16.2. The van der Waals surface area contributed by atoms with Gasteiger partial charge in [0.05, 0.1) is 13.2 Å². The molecule has 0 fully saturated rings. The van der Waals surface area contributed by atoms with Crippen LogP contribution < -0.4 is 5.73 Å². The summed E-state index contributed by atoms with van der Waals surface area (Å²) in [5.74, 6) is -2.49. The summed E-state index contributed by atoms with van der Waals surface area (Å²) in [4.78, 5) is 46.0. The molecule has 0 bridgehead atoms. The third-order valence-corrected chi connectivity index (χ3v) is 10.1. The van der Waals surface area contributed by atoms with Gasteiger partial charge in [-0.2, -0.15) is 0 Å². The fourth-order valence-electron chi connectivity index (χ4n) is 5.60. The van der Waals surface area contributed by atoms with E-state index in [4.69, 9.17) is 24.8 Å². The van der Waals surface area contributed by atoms with Crippen LogP contribution >= 0.6 is 7.82 Å². The smallest absolute Gasteiger partial charge is 0.472 e. The summed E-state index contributed by atoms with van der Waals surface area (Å²) in [6, 6.07) is -1.54. The number of hydrogen-bond donors (Lipinski definition) is 3. The number of rotatable bonds is 41. The van der Waals surface area contributed by atoms with Crippen molar-refractivity contribution in [2.45, 2.75) is 180 Å². The Morgan fingerprint density at radius 1 is 0.533 bits per heavy atom. The number of carboxylic acid groups (broad SMARTS) is 1. The van der Waals surface area contributed by atoms with Crippen molar-refractivity contribution in [3.63, 3.8) is 0 Å². The molecule has 0 radical (unpaired) electrons.